The first-order chi connectivity index (χ1) is 15.7. The topological polar surface area (TPSA) is 51.2 Å². The minimum Gasteiger partial charge on any atom is -0.507 e. The molecule has 1 aliphatic rings. The van der Waals surface area contributed by atoms with Crippen LogP contribution in [0, 0.1) is 0 Å². The standard InChI is InChI=1S/C27H26O4S/c1-2-18(29-16-19-17-30-19)15-31-27-23-11-7-6-10-22(23)26(28)25-14-21(12-13-24(25)27)32-20-8-4-3-5-9-20/h3-14,18-19,28H,2,15-17H2,1H3. The van der Waals surface area contributed by atoms with Crippen LogP contribution < -0.4 is 4.74 Å². The van der Waals surface area contributed by atoms with Crippen LogP contribution in [-0.2, 0) is 9.47 Å². The van der Waals surface area contributed by atoms with Crippen LogP contribution in [0.5, 0.6) is 11.5 Å². The molecule has 1 N–H and O–H groups in total. The first-order valence-electron chi connectivity index (χ1n) is 11.0. The lowest BCUT2D eigenvalue weighted by atomic mass is 10.0. The van der Waals surface area contributed by atoms with Gasteiger partial charge in [0.1, 0.15) is 24.2 Å². The van der Waals surface area contributed by atoms with E-state index in [1.54, 1.807) is 11.8 Å². The Morgan fingerprint density at radius 1 is 0.938 bits per heavy atom. The van der Waals surface area contributed by atoms with Crippen molar-refractivity contribution in [3.8, 4) is 11.5 Å². The summed E-state index contributed by atoms with van der Waals surface area (Å²) in [5, 5.41) is 14.5. The van der Waals surface area contributed by atoms with E-state index < -0.39 is 0 Å². The fraction of sp³-hybridized carbons (Fsp3) is 0.259. The van der Waals surface area contributed by atoms with E-state index in [1.165, 1.54) is 0 Å². The summed E-state index contributed by atoms with van der Waals surface area (Å²) in [5.74, 6) is 1.07. The number of aromatic hydroxyl groups is 1. The number of fused-ring (bicyclic) bond motifs is 2. The second-order valence-electron chi connectivity index (χ2n) is 7.98. The molecule has 0 amide bonds. The lowest BCUT2D eigenvalue weighted by Gasteiger charge is -2.19. The normalized spacial score (nSPS) is 16.3. The smallest absolute Gasteiger partial charge is 0.135 e. The molecular formula is C27H26O4S. The first kappa shape index (κ1) is 21.1. The maximum absolute atomic E-state index is 11.1. The highest BCUT2D eigenvalue weighted by atomic mass is 32.2. The summed E-state index contributed by atoms with van der Waals surface area (Å²) in [6, 6.07) is 24.2. The Morgan fingerprint density at radius 2 is 1.66 bits per heavy atom. The fourth-order valence-corrected chi connectivity index (χ4v) is 4.68. The van der Waals surface area contributed by atoms with Gasteiger partial charge in [0, 0.05) is 31.3 Å². The summed E-state index contributed by atoms with van der Waals surface area (Å²) >= 11 is 1.68. The number of rotatable bonds is 9. The molecule has 0 saturated carbocycles. The zero-order valence-electron chi connectivity index (χ0n) is 18.0. The Bertz CT molecular complexity index is 1220. The molecule has 0 spiro atoms. The number of hydrogen-bond acceptors (Lipinski definition) is 5. The van der Waals surface area contributed by atoms with E-state index in [9.17, 15) is 5.11 Å². The number of phenolic OH excluding ortho intramolecular Hbond substituents is 1. The molecule has 0 aliphatic carbocycles. The van der Waals surface area contributed by atoms with Crippen molar-refractivity contribution in [1.82, 2.24) is 0 Å². The molecule has 4 nitrogen and oxygen atoms in total. The number of epoxide rings is 1. The highest BCUT2D eigenvalue weighted by Gasteiger charge is 2.24. The van der Waals surface area contributed by atoms with Crippen molar-refractivity contribution in [2.45, 2.75) is 35.3 Å². The second kappa shape index (κ2) is 9.41. The lowest BCUT2D eigenvalue weighted by molar-refractivity contribution is 0.0114. The van der Waals surface area contributed by atoms with Gasteiger partial charge in [-0.05, 0) is 36.8 Å². The van der Waals surface area contributed by atoms with Crippen LogP contribution in [0.2, 0.25) is 0 Å². The summed E-state index contributed by atoms with van der Waals surface area (Å²) in [4.78, 5) is 2.23. The zero-order valence-corrected chi connectivity index (χ0v) is 18.8. The maximum atomic E-state index is 11.1. The van der Waals surface area contributed by atoms with E-state index in [0.717, 1.165) is 50.1 Å². The van der Waals surface area contributed by atoms with Crippen LogP contribution in [0.4, 0.5) is 0 Å². The van der Waals surface area contributed by atoms with Gasteiger partial charge in [-0.25, -0.2) is 0 Å². The SMILES string of the molecule is CCC(COc1c2ccccc2c(O)c2cc(Sc3ccccc3)ccc12)OCC1CO1. The minimum absolute atomic E-state index is 0.00488. The molecule has 164 valence electrons. The summed E-state index contributed by atoms with van der Waals surface area (Å²) in [6.45, 7) is 3.95. The van der Waals surface area contributed by atoms with E-state index >= 15 is 0 Å². The molecule has 5 rings (SSSR count). The van der Waals surface area contributed by atoms with Crippen LogP contribution in [0.25, 0.3) is 21.5 Å². The Balaban J connectivity index is 1.50. The van der Waals surface area contributed by atoms with Crippen molar-refractivity contribution in [3.63, 3.8) is 0 Å². The number of hydrogen-bond donors (Lipinski definition) is 1. The van der Waals surface area contributed by atoms with Crippen molar-refractivity contribution >= 4 is 33.3 Å². The summed E-state index contributed by atoms with van der Waals surface area (Å²) in [5.41, 5.74) is 0. The van der Waals surface area contributed by atoms with Crippen molar-refractivity contribution < 1.29 is 19.3 Å². The van der Waals surface area contributed by atoms with E-state index in [1.807, 2.05) is 54.6 Å². The van der Waals surface area contributed by atoms with Crippen LogP contribution in [0.1, 0.15) is 13.3 Å². The van der Waals surface area contributed by atoms with Crippen LogP contribution in [-0.4, -0.2) is 37.1 Å². The number of ether oxygens (including phenoxy) is 3. The highest BCUT2D eigenvalue weighted by molar-refractivity contribution is 7.99. The average Bonchev–Trinajstić information content (AvgIpc) is 3.66. The predicted molar refractivity (Wildman–Crippen MR) is 129 cm³/mol. The van der Waals surface area contributed by atoms with Gasteiger partial charge in [0.05, 0.1) is 19.3 Å². The molecular weight excluding hydrogens is 420 g/mol. The monoisotopic (exact) mass is 446 g/mol. The molecule has 4 aromatic rings. The van der Waals surface area contributed by atoms with Gasteiger partial charge in [-0.15, -0.1) is 0 Å². The molecule has 0 aromatic heterocycles. The molecule has 2 atom stereocenters. The van der Waals surface area contributed by atoms with Gasteiger partial charge < -0.3 is 19.3 Å². The van der Waals surface area contributed by atoms with E-state index in [2.05, 4.69) is 25.1 Å². The quantitative estimate of drug-likeness (QED) is 0.237. The summed E-state index contributed by atoms with van der Waals surface area (Å²) in [6.07, 6.45) is 1.09. The van der Waals surface area contributed by atoms with Gasteiger partial charge in [0.2, 0.25) is 0 Å². The van der Waals surface area contributed by atoms with Crippen molar-refractivity contribution in [2.75, 3.05) is 19.8 Å². The fourth-order valence-electron chi connectivity index (χ4n) is 3.81. The van der Waals surface area contributed by atoms with E-state index in [4.69, 9.17) is 14.2 Å². The Morgan fingerprint density at radius 3 is 2.41 bits per heavy atom. The van der Waals surface area contributed by atoms with Crippen molar-refractivity contribution in [3.05, 3.63) is 72.8 Å². The number of benzene rings is 4. The summed E-state index contributed by atoms with van der Waals surface area (Å²) < 4.78 is 17.6. The molecule has 1 aliphatic heterocycles. The van der Waals surface area contributed by atoms with Crippen LogP contribution >= 0.6 is 11.8 Å². The van der Waals surface area contributed by atoms with E-state index in [0.29, 0.717) is 13.2 Å². The Kier molecular flexibility index (Phi) is 6.21. The van der Waals surface area contributed by atoms with E-state index in [-0.39, 0.29) is 18.0 Å². The summed E-state index contributed by atoms with van der Waals surface area (Å²) in [7, 11) is 0. The minimum atomic E-state index is -0.00488. The van der Waals surface area contributed by atoms with Crippen molar-refractivity contribution in [1.29, 1.82) is 0 Å². The molecule has 1 heterocycles. The molecule has 1 saturated heterocycles. The van der Waals surface area contributed by atoms with Gasteiger partial charge in [-0.3, -0.25) is 0 Å². The Hall–Kier alpha value is -2.73. The molecule has 0 bridgehead atoms. The Labute approximate surface area is 192 Å². The van der Waals surface area contributed by atoms with Gasteiger partial charge in [0.25, 0.3) is 0 Å². The zero-order chi connectivity index (χ0) is 21.9. The second-order valence-corrected chi connectivity index (χ2v) is 9.12. The van der Waals surface area contributed by atoms with Gasteiger partial charge >= 0.3 is 0 Å². The van der Waals surface area contributed by atoms with Gasteiger partial charge in [-0.2, -0.15) is 0 Å². The van der Waals surface area contributed by atoms with Gasteiger partial charge in [0.15, 0.2) is 0 Å². The molecule has 32 heavy (non-hydrogen) atoms. The molecule has 5 heteroatoms. The third kappa shape index (κ3) is 4.56. The molecule has 0 radical (unpaired) electrons. The first-order valence-corrected chi connectivity index (χ1v) is 11.8. The molecule has 2 unspecified atom stereocenters. The maximum Gasteiger partial charge on any atom is 0.135 e. The van der Waals surface area contributed by atoms with Crippen LogP contribution in [0.3, 0.4) is 0 Å². The third-order valence-electron chi connectivity index (χ3n) is 5.69. The molecule has 1 fully saturated rings. The predicted octanol–water partition coefficient (Wildman–Crippen LogP) is 6.42. The highest BCUT2D eigenvalue weighted by Crippen LogP contribution is 2.44. The third-order valence-corrected chi connectivity index (χ3v) is 6.68. The van der Waals surface area contributed by atoms with Crippen LogP contribution in [0.15, 0.2) is 82.6 Å². The van der Waals surface area contributed by atoms with Crippen molar-refractivity contribution in [2.24, 2.45) is 0 Å². The number of phenols is 1. The van der Waals surface area contributed by atoms with Gasteiger partial charge in [-0.1, -0.05) is 61.2 Å². The average molecular weight is 447 g/mol. The molecule has 4 aromatic carbocycles. The largest absolute Gasteiger partial charge is 0.507 e. The lowest BCUT2D eigenvalue weighted by Crippen LogP contribution is -2.23.